The van der Waals surface area contributed by atoms with Gasteiger partial charge in [-0.2, -0.15) is 0 Å². The fourth-order valence-electron chi connectivity index (χ4n) is 1.39. The van der Waals surface area contributed by atoms with Crippen LogP contribution in [0.25, 0.3) is 10.9 Å². The van der Waals surface area contributed by atoms with Crippen LogP contribution in [0, 0.1) is 5.41 Å². The van der Waals surface area contributed by atoms with Crippen molar-refractivity contribution in [3.8, 4) is 5.75 Å². The van der Waals surface area contributed by atoms with E-state index in [-0.39, 0.29) is 5.75 Å². The van der Waals surface area contributed by atoms with E-state index in [4.69, 9.17) is 20.4 Å². The summed E-state index contributed by atoms with van der Waals surface area (Å²) in [6.07, 6.45) is 1.67. The van der Waals surface area contributed by atoms with Gasteiger partial charge in [0, 0.05) is 11.6 Å². The number of fused-ring (bicyclic) bond motifs is 1. The van der Waals surface area contributed by atoms with E-state index in [1.165, 1.54) is 0 Å². The maximum atomic E-state index is 9.31. The molecule has 0 unspecified atom stereocenters. The largest absolute Gasteiger partial charge is 0.506 e. The molecule has 0 saturated carbocycles. The maximum absolute atomic E-state index is 9.31. The van der Waals surface area contributed by atoms with Gasteiger partial charge in [0.1, 0.15) is 11.3 Å². The van der Waals surface area contributed by atoms with Crippen LogP contribution in [0.2, 0.25) is 0 Å². The highest BCUT2D eigenvalue weighted by Gasteiger charge is 2.26. The highest BCUT2D eigenvalue weighted by molar-refractivity contribution is 5.83. The summed E-state index contributed by atoms with van der Waals surface area (Å²) in [7, 11) is 0. The number of pyridine rings is 1. The summed E-state index contributed by atoms with van der Waals surface area (Å²) in [5.41, 5.74) is -0.449. The van der Waals surface area contributed by atoms with E-state index in [0.717, 1.165) is 5.39 Å². The molecule has 0 bridgehead atoms. The number of phenolic OH excluding ortho intramolecular Hbond substituents is 1. The predicted molar refractivity (Wildman–Crippen MR) is 74.2 cm³/mol. The molecule has 0 atom stereocenters. The van der Waals surface area contributed by atoms with Crippen LogP contribution in [0.3, 0.4) is 0 Å². The Bertz CT molecular complexity index is 505. The topological polar surface area (TPSA) is 114 Å². The van der Waals surface area contributed by atoms with E-state index in [0.29, 0.717) is 5.52 Å². The van der Waals surface area contributed by atoms with Gasteiger partial charge in [-0.15, -0.1) is 0 Å². The van der Waals surface area contributed by atoms with Crippen molar-refractivity contribution in [2.45, 2.75) is 0 Å². The molecule has 0 amide bonds. The lowest BCUT2D eigenvalue weighted by Crippen LogP contribution is -2.37. The van der Waals surface area contributed by atoms with E-state index in [9.17, 15) is 5.11 Å². The number of hydrogen-bond donors (Lipinski definition) is 5. The lowest BCUT2D eigenvalue weighted by Gasteiger charge is -2.23. The van der Waals surface area contributed by atoms with E-state index < -0.39 is 31.8 Å². The molecule has 5 N–H and O–H groups in total. The molecule has 0 aliphatic carbocycles. The number of hydrogen-bond acceptors (Lipinski definition) is 6. The summed E-state index contributed by atoms with van der Waals surface area (Å²) in [5, 5.41) is 44.3. The van der Waals surface area contributed by atoms with Gasteiger partial charge in [-0.3, -0.25) is 4.98 Å². The SMILES string of the molecule is OCC(CO)(CO)CO.Oc1cccc2cccnc12. The minimum atomic E-state index is -1.11. The third-order valence-corrected chi connectivity index (χ3v) is 2.95. The summed E-state index contributed by atoms with van der Waals surface area (Å²) < 4.78 is 0. The minimum absolute atomic E-state index is 0.239. The number of benzene rings is 1. The molecule has 0 aliphatic rings. The Kier molecular flexibility index (Phi) is 6.33. The molecule has 1 aromatic heterocycles. The number of aromatic hydroxyl groups is 1. The van der Waals surface area contributed by atoms with Gasteiger partial charge in [0.25, 0.3) is 0 Å². The minimum Gasteiger partial charge on any atom is -0.506 e. The zero-order chi connectivity index (χ0) is 15.0. The molecule has 20 heavy (non-hydrogen) atoms. The fraction of sp³-hybridized carbons (Fsp3) is 0.357. The molecule has 0 fully saturated rings. The number of aliphatic hydroxyl groups excluding tert-OH is 4. The van der Waals surface area contributed by atoms with Gasteiger partial charge in [-0.1, -0.05) is 18.2 Å². The van der Waals surface area contributed by atoms with Crippen molar-refractivity contribution < 1.29 is 25.5 Å². The monoisotopic (exact) mass is 281 g/mol. The van der Waals surface area contributed by atoms with Crippen molar-refractivity contribution in [1.82, 2.24) is 4.98 Å². The molecule has 0 aliphatic heterocycles. The van der Waals surface area contributed by atoms with Gasteiger partial charge in [0.05, 0.1) is 31.8 Å². The molecular weight excluding hydrogens is 262 g/mol. The maximum Gasteiger partial charge on any atom is 0.141 e. The fourth-order valence-corrected chi connectivity index (χ4v) is 1.39. The third-order valence-electron chi connectivity index (χ3n) is 2.95. The van der Waals surface area contributed by atoms with Gasteiger partial charge < -0.3 is 25.5 Å². The molecule has 110 valence electrons. The second kappa shape index (κ2) is 7.76. The zero-order valence-corrected chi connectivity index (χ0v) is 11.0. The van der Waals surface area contributed by atoms with E-state index in [1.54, 1.807) is 18.3 Å². The molecule has 0 radical (unpaired) electrons. The van der Waals surface area contributed by atoms with Gasteiger partial charge >= 0.3 is 0 Å². The molecule has 1 aromatic carbocycles. The summed E-state index contributed by atoms with van der Waals surface area (Å²) in [5.74, 6) is 0.239. The quantitative estimate of drug-likeness (QED) is 0.534. The zero-order valence-electron chi connectivity index (χ0n) is 11.0. The molecule has 6 heteroatoms. The molecule has 6 nitrogen and oxygen atoms in total. The van der Waals surface area contributed by atoms with Crippen LogP contribution >= 0.6 is 0 Å². The van der Waals surface area contributed by atoms with Crippen LogP contribution in [-0.4, -0.2) is 56.9 Å². The molecule has 1 heterocycles. The summed E-state index contributed by atoms with van der Waals surface area (Å²) in [6.45, 7) is -1.62. The van der Waals surface area contributed by atoms with Gasteiger partial charge in [-0.05, 0) is 12.1 Å². The van der Waals surface area contributed by atoms with Crippen LogP contribution in [0.15, 0.2) is 36.5 Å². The first-order valence-corrected chi connectivity index (χ1v) is 6.08. The summed E-state index contributed by atoms with van der Waals surface area (Å²) in [6, 6.07) is 9.13. The Balaban J connectivity index is 0.000000206. The summed E-state index contributed by atoms with van der Waals surface area (Å²) in [4.78, 5) is 4.03. The number of phenols is 1. The third kappa shape index (κ3) is 3.88. The number of aliphatic hydroxyl groups is 4. The Morgan fingerprint density at radius 2 is 1.40 bits per heavy atom. The van der Waals surface area contributed by atoms with Gasteiger partial charge in [0.15, 0.2) is 0 Å². The van der Waals surface area contributed by atoms with Crippen molar-refractivity contribution >= 4 is 10.9 Å². The van der Waals surface area contributed by atoms with E-state index >= 15 is 0 Å². The van der Waals surface area contributed by atoms with E-state index in [2.05, 4.69) is 4.98 Å². The van der Waals surface area contributed by atoms with Crippen LogP contribution < -0.4 is 0 Å². The molecular formula is C14H19NO5. The first kappa shape index (κ1) is 16.3. The number of rotatable bonds is 4. The average Bonchev–Trinajstić information content (AvgIpc) is 2.51. The Labute approximate surface area is 116 Å². The lowest BCUT2D eigenvalue weighted by molar-refractivity contribution is -0.0328. The Morgan fingerprint density at radius 3 is 1.85 bits per heavy atom. The lowest BCUT2D eigenvalue weighted by atomic mass is 9.93. The van der Waals surface area contributed by atoms with Crippen LogP contribution in [-0.2, 0) is 0 Å². The normalized spacial score (nSPS) is 11.0. The van der Waals surface area contributed by atoms with Crippen molar-refractivity contribution in [2.75, 3.05) is 26.4 Å². The van der Waals surface area contributed by atoms with Crippen LogP contribution in [0.1, 0.15) is 0 Å². The van der Waals surface area contributed by atoms with Crippen LogP contribution in [0.4, 0.5) is 0 Å². The van der Waals surface area contributed by atoms with Gasteiger partial charge in [0.2, 0.25) is 0 Å². The van der Waals surface area contributed by atoms with Crippen molar-refractivity contribution in [2.24, 2.45) is 5.41 Å². The summed E-state index contributed by atoms with van der Waals surface area (Å²) >= 11 is 0. The number of aromatic nitrogens is 1. The predicted octanol–water partition coefficient (Wildman–Crippen LogP) is -0.118. The second-order valence-corrected chi connectivity index (χ2v) is 4.48. The Morgan fingerprint density at radius 1 is 0.850 bits per heavy atom. The van der Waals surface area contributed by atoms with Crippen molar-refractivity contribution in [3.63, 3.8) is 0 Å². The highest BCUT2D eigenvalue weighted by Crippen LogP contribution is 2.20. The number of para-hydroxylation sites is 1. The molecule has 2 aromatic rings. The molecule has 2 rings (SSSR count). The second-order valence-electron chi connectivity index (χ2n) is 4.48. The molecule has 0 spiro atoms. The van der Waals surface area contributed by atoms with Crippen LogP contribution in [0.5, 0.6) is 5.75 Å². The molecule has 0 saturated heterocycles. The van der Waals surface area contributed by atoms with Gasteiger partial charge in [-0.25, -0.2) is 0 Å². The van der Waals surface area contributed by atoms with Crippen molar-refractivity contribution in [1.29, 1.82) is 0 Å². The Hall–Kier alpha value is -1.73. The van der Waals surface area contributed by atoms with Crippen molar-refractivity contribution in [3.05, 3.63) is 36.5 Å². The number of nitrogens with zero attached hydrogens (tertiary/aromatic N) is 1. The highest BCUT2D eigenvalue weighted by atomic mass is 16.3. The van der Waals surface area contributed by atoms with E-state index in [1.807, 2.05) is 18.2 Å². The smallest absolute Gasteiger partial charge is 0.141 e. The first-order chi connectivity index (χ1) is 9.62. The first-order valence-electron chi connectivity index (χ1n) is 6.08. The average molecular weight is 281 g/mol. The standard InChI is InChI=1S/C9H7NO.C5H12O4/c11-8-5-1-3-7-4-2-6-10-9(7)8;6-1-5(2-7,3-8)4-9/h1-6,11H;6-9H,1-4H2.